The van der Waals surface area contributed by atoms with Crippen molar-refractivity contribution < 1.29 is 4.79 Å². The molecule has 0 fully saturated rings. The average molecular weight is 419 g/mol. The third-order valence-electron chi connectivity index (χ3n) is 4.81. The lowest BCUT2D eigenvalue weighted by Gasteiger charge is -2.21. The maximum absolute atomic E-state index is 11.8. The summed E-state index contributed by atoms with van der Waals surface area (Å²) in [5.74, 6) is 1.67. The fourth-order valence-electron chi connectivity index (χ4n) is 3.28. The Labute approximate surface area is 183 Å². The maximum atomic E-state index is 11.8. The van der Waals surface area contributed by atoms with Gasteiger partial charge in [-0.05, 0) is 29.7 Å². The van der Waals surface area contributed by atoms with Crippen molar-refractivity contribution in [3.63, 3.8) is 0 Å². The Hall–Kier alpha value is -3.61. The predicted octanol–water partition coefficient (Wildman–Crippen LogP) is 4.02. The molecule has 0 spiro atoms. The van der Waals surface area contributed by atoms with Gasteiger partial charge in [0, 0.05) is 32.7 Å². The van der Waals surface area contributed by atoms with Gasteiger partial charge in [0.25, 0.3) is 0 Å². The van der Waals surface area contributed by atoms with E-state index in [1.54, 1.807) is 7.05 Å². The van der Waals surface area contributed by atoms with Crippen LogP contribution in [0.4, 0.5) is 5.69 Å². The topological polar surface area (TPSA) is 85.4 Å². The highest BCUT2D eigenvalue weighted by atomic mass is 16.1. The van der Waals surface area contributed by atoms with Crippen LogP contribution in [0.25, 0.3) is 11.3 Å². The predicted molar refractivity (Wildman–Crippen MR) is 126 cm³/mol. The first-order valence-corrected chi connectivity index (χ1v) is 10.5. The number of aliphatic imine (C=N–C) groups is 1. The van der Waals surface area contributed by atoms with Gasteiger partial charge in [-0.25, -0.2) is 4.98 Å². The number of rotatable bonds is 8. The summed E-state index contributed by atoms with van der Waals surface area (Å²) in [7, 11) is 3.74. The Morgan fingerprint density at radius 2 is 1.97 bits per heavy atom. The summed E-state index contributed by atoms with van der Waals surface area (Å²) >= 11 is 0. The zero-order chi connectivity index (χ0) is 22.1. The first kappa shape index (κ1) is 22.1. The van der Waals surface area contributed by atoms with Crippen LogP contribution >= 0.6 is 0 Å². The van der Waals surface area contributed by atoms with Gasteiger partial charge in [-0.3, -0.25) is 9.79 Å². The highest BCUT2D eigenvalue weighted by molar-refractivity contribution is 5.90. The molecule has 0 radical (unpaired) electrons. The molecule has 31 heavy (non-hydrogen) atoms. The zero-order valence-electron chi connectivity index (χ0n) is 18.4. The van der Waals surface area contributed by atoms with Crippen LogP contribution < -0.4 is 10.6 Å². The van der Waals surface area contributed by atoms with E-state index in [1.165, 1.54) is 0 Å². The van der Waals surface area contributed by atoms with Crippen LogP contribution in [0.5, 0.6) is 0 Å². The fourth-order valence-corrected chi connectivity index (χ4v) is 3.28. The van der Waals surface area contributed by atoms with Crippen LogP contribution in [0.15, 0.2) is 65.8 Å². The average Bonchev–Trinajstić information content (AvgIpc) is 3.24. The third kappa shape index (κ3) is 6.44. The molecule has 1 heterocycles. The molecule has 0 aliphatic rings. The van der Waals surface area contributed by atoms with E-state index >= 15 is 0 Å². The number of aromatic nitrogens is 2. The molecule has 162 valence electrons. The van der Waals surface area contributed by atoms with Crippen LogP contribution in [0, 0.1) is 0 Å². The summed E-state index contributed by atoms with van der Waals surface area (Å²) in [6.45, 7) is 3.19. The van der Waals surface area contributed by atoms with Crippen molar-refractivity contribution in [2.75, 3.05) is 19.4 Å². The van der Waals surface area contributed by atoms with Gasteiger partial charge < -0.3 is 20.5 Å². The fraction of sp³-hybridized carbons (Fsp3) is 0.292. The minimum Gasteiger partial charge on any atom is -0.352 e. The molecule has 0 atom stereocenters. The molecule has 1 aromatic heterocycles. The van der Waals surface area contributed by atoms with Gasteiger partial charge in [0.15, 0.2) is 5.96 Å². The largest absolute Gasteiger partial charge is 0.352 e. The van der Waals surface area contributed by atoms with Crippen molar-refractivity contribution >= 4 is 17.6 Å². The number of nitrogens with one attached hydrogen (secondary N) is 3. The zero-order valence-corrected chi connectivity index (χ0v) is 18.4. The van der Waals surface area contributed by atoms with Crippen LogP contribution in [0.2, 0.25) is 0 Å². The lowest BCUT2D eigenvalue weighted by molar-refractivity contribution is -0.116. The number of anilines is 1. The molecule has 0 saturated heterocycles. The number of amides is 1. The van der Waals surface area contributed by atoms with Gasteiger partial charge in [0.05, 0.1) is 18.4 Å². The molecular formula is C24H30N6O. The normalized spacial score (nSPS) is 11.3. The lowest BCUT2D eigenvalue weighted by Crippen LogP contribution is -2.38. The summed E-state index contributed by atoms with van der Waals surface area (Å²) in [5, 5.41) is 6.31. The molecule has 3 aromatic rings. The second kappa shape index (κ2) is 11.0. The molecule has 3 N–H and O–H groups in total. The van der Waals surface area contributed by atoms with Gasteiger partial charge in [0.1, 0.15) is 5.82 Å². The van der Waals surface area contributed by atoms with Crippen LogP contribution in [0.3, 0.4) is 0 Å². The van der Waals surface area contributed by atoms with Gasteiger partial charge in [-0.15, -0.1) is 0 Å². The van der Waals surface area contributed by atoms with E-state index in [1.807, 2.05) is 67.5 Å². The third-order valence-corrected chi connectivity index (χ3v) is 4.81. The van der Waals surface area contributed by atoms with Gasteiger partial charge in [0.2, 0.25) is 5.91 Å². The summed E-state index contributed by atoms with van der Waals surface area (Å²) < 4.78 is 0. The smallest absolute Gasteiger partial charge is 0.224 e. The molecule has 0 unspecified atom stereocenters. The quantitative estimate of drug-likeness (QED) is 0.381. The number of imidazole rings is 1. The number of benzene rings is 2. The molecule has 3 rings (SSSR count). The van der Waals surface area contributed by atoms with E-state index in [4.69, 9.17) is 0 Å². The molecule has 0 saturated carbocycles. The Balaban J connectivity index is 1.57. The van der Waals surface area contributed by atoms with Crippen LogP contribution in [-0.4, -0.2) is 40.8 Å². The van der Waals surface area contributed by atoms with Crippen molar-refractivity contribution in [2.24, 2.45) is 4.99 Å². The van der Waals surface area contributed by atoms with Gasteiger partial charge in [-0.1, -0.05) is 49.4 Å². The SMILES string of the molecule is CCCC(=O)Nc1cccc(CNC(=NC)N(C)Cc2ncc(-c3ccccc3)[nH]2)c1. The van der Waals surface area contributed by atoms with Crippen molar-refractivity contribution in [1.82, 2.24) is 20.2 Å². The number of aromatic amines is 1. The second-order valence-corrected chi connectivity index (χ2v) is 7.36. The summed E-state index contributed by atoms with van der Waals surface area (Å²) in [6.07, 6.45) is 3.21. The van der Waals surface area contributed by atoms with Crippen LogP contribution in [0.1, 0.15) is 31.2 Å². The van der Waals surface area contributed by atoms with Crippen LogP contribution in [-0.2, 0) is 17.9 Å². The molecule has 0 bridgehead atoms. The minimum atomic E-state index is 0.0384. The number of hydrogen-bond acceptors (Lipinski definition) is 3. The van der Waals surface area contributed by atoms with Crippen molar-refractivity contribution in [2.45, 2.75) is 32.9 Å². The van der Waals surface area contributed by atoms with Gasteiger partial charge >= 0.3 is 0 Å². The van der Waals surface area contributed by atoms with Crippen molar-refractivity contribution in [3.8, 4) is 11.3 Å². The Kier molecular flexibility index (Phi) is 7.81. The molecule has 1 amide bonds. The highest BCUT2D eigenvalue weighted by Gasteiger charge is 2.10. The Morgan fingerprint density at radius 1 is 1.16 bits per heavy atom. The number of carbonyl (C=O) groups excluding carboxylic acids is 1. The molecular weight excluding hydrogens is 388 g/mol. The van der Waals surface area contributed by atoms with E-state index in [-0.39, 0.29) is 5.91 Å². The molecule has 2 aromatic carbocycles. The Bertz CT molecular complexity index is 1010. The van der Waals surface area contributed by atoms with E-state index < -0.39 is 0 Å². The lowest BCUT2D eigenvalue weighted by atomic mass is 10.2. The molecule has 7 nitrogen and oxygen atoms in total. The van der Waals surface area contributed by atoms with E-state index in [9.17, 15) is 4.79 Å². The maximum Gasteiger partial charge on any atom is 0.224 e. The second-order valence-electron chi connectivity index (χ2n) is 7.36. The summed E-state index contributed by atoms with van der Waals surface area (Å²) in [4.78, 5) is 26.1. The molecule has 7 heteroatoms. The van der Waals surface area contributed by atoms with E-state index in [2.05, 4.69) is 37.7 Å². The number of H-pyrrole nitrogens is 1. The first-order valence-electron chi connectivity index (χ1n) is 10.5. The number of hydrogen-bond donors (Lipinski definition) is 3. The minimum absolute atomic E-state index is 0.0384. The summed E-state index contributed by atoms with van der Waals surface area (Å²) in [6, 6.07) is 18.0. The summed E-state index contributed by atoms with van der Waals surface area (Å²) in [5.41, 5.74) is 3.98. The number of guanidine groups is 1. The number of nitrogens with zero attached hydrogens (tertiary/aromatic N) is 3. The Morgan fingerprint density at radius 3 is 2.71 bits per heavy atom. The van der Waals surface area contributed by atoms with Gasteiger partial charge in [-0.2, -0.15) is 0 Å². The van der Waals surface area contributed by atoms with Crippen molar-refractivity contribution in [3.05, 3.63) is 72.2 Å². The first-order chi connectivity index (χ1) is 15.1. The molecule has 0 aliphatic heterocycles. The standard InChI is InChI=1S/C24H30N6O/c1-4-9-23(31)28-20-13-8-10-18(14-20)15-27-24(25-2)30(3)17-22-26-16-21(29-22)19-11-6-5-7-12-19/h5-8,10-14,16H,4,9,15,17H2,1-3H3,(H,25,27)(H,26,29)(H,28,31). The van der Waals surface area contributed by atoms with E-state index in [0.29, 0.717) is 19.5 Å². The number of carbonyl (C=O) groups is 1. The highest BCUT2D eigenvalue weighted by Crippen LogP contribution is 2.16. The monoisotopic (exact) mass is 418 g/mol. The van der Waals surface area contributed by atoms with Crippen molar-refractivity contribution in [1.29, 1.82) is 0 Å². The molecule has 0 aliphatic carbocycles. The van der Waals surface area contributed by atoms with E-state index in [0.717, 1.165) is 40.7 Å².